The van der Waals surface area contributed by atoms with Crippen LogP contribution in [0.4, 0.5) is 5.13 Å². The van der Waals surface area contributed by atoms with Gasteiger partial charge in [0.1, 0.15) is 11.8 Å². The number of pyridine rings is 1. The quantitative estimate of drug-likeness (QED) is 0.171. The highest BCUT2D eigenvalue weighted by atomic mass is 79.9. The second kappa shape index (κ2) is 8.94. The van der Waals surface area contributed by atoms with Crippen molar-refractivity contribution in [1.29, 1.82) is 0 Å². The molecule has 6 nitrogen and oxygen atoms in total. The Kier molecular flexibility index (Phi) is 6.04. The van der Waals surface area contributed by atoms with Crippen LogP contribution in [0.3, 0.4) is 0 Å². The molecule has 0 bridgehead atoms. The van der Waals surface area contributed by atoms with Gasteiger partial charge in [-0.1, -0.05) is 66.2 Å². The standard InChI is InChI=1S/C28H24BrN3O3S/c1-15-13-16(8-10-18(15)29)24(33)22-23(20-7-5-6-12-30-20)32(26(35)25(22)34)27-31-19-11-9-17(28(2,3)4)14-21(19)36-27/h5-14,23,33H,1-4H3/b24-22+. The smallest absolute Gasteiger partial charge is 0.301 e. The molecule has 0 aliphatic carbocycles. The number of hydrogen-bond donors (Lipinski definition) is 1. The number of carbonyl (C=O) groups is 2. The largest absolute Gasteiger partial charge is 0.507 e. The summed E-state index contributed by atoms with van der Waals surface area (Å²) in [5, 5.41) is 11.7. The fraction of sp³-hybridized carbons (Fsp3) is 0.214. The minimum absolute atomic E-state index is 0.00457. The third-order valence-corrected chi connectivity index (χ3v) is 8.20. The lowest BCUT2D eigenvalue weighted by Gasteiger charge is -2.22. The van der Waals surface area contributed by atoms with E-state index in [1.807, 2.05) is 19.1 Å². The van der Waals surface area contributed by atoms with Gasteiger partial charge in [0, 0.05) is 16.2 Å². The SMILES string of the molecule is Cc1cc(/C(O)=C2\C(=O)C(=O)N(c3nc4ccc(C(C)(C)C)cc4s3)C2c2ccccn2)ccc1Br. The van der Waals surface area contributed by atoms with Gasteiger partial charge in [-0.25, -0.2) is 4.98 Å². The molecule has 36 heavy (non-hydrogen) atoms. The first kappa shape index (κ1) is 24.3. The number of carbonyl (C=O) groups excluding carboxylic acids is 2. The number of hydrogen-bond acceptors (Lipinski definition) is 6. The average molecular weight is 562 g/mol. The third-order valence-electron chi connectivity index (χ3n) is 6.29. The zero-order valence-electron chi connectivity index (χ0n) is 20.2. The topological polar surface area (TPSA) is 83.4 Å². The number of halogens is 1. The lowest BCUT2D eigenvalue weighted by Crippen LogP contribution is -2.29. The first-order valence-corrected chi connectivity index (χ1v) is 13.1. The molecule has 1 saturated heterocycles. The van der Waals surface area contributed by atoms with E-state index in [1.54, 1.807) is 42.6 Å². The molecule has 0 radical (unpaired) electrons. The van der Waals surface area contributed by atoms with Gasteiger partial charge in [0.15, 0.2) is 5.13 Å². The molecule has 5 rings (SSSR count). The zero-order chi connectivity index (χ0) is 25.8. The Hall–Kier alpha value is -3.36. The monoisotopic (exact) mass is 561 g/mol. The minimum Gasteiger partial charge on any atom is -0.507 e. The first-order valence-electron chi connectivity index (χ1n) is 11.5. The van der Waals surface area contributed by atoms with Gasteiger partial charge in [-0.2, -0.15) is 0 Å². The number of anilines is 1. The van der Waals surface area contributed by atoms with Gasteiger partial charge in [0.25, 0.3) is 5.78 Å². The molecule has 182 valence electrons. The second-order valence-corrected chi connectivity index (χ2v) is 11.7. The van der Waals surface area contributed by atoms with Gasteiger partial charge in [0.2, 0.25) is 0 Å². The molecular weight excluding hydrogens is 538 g/mol. The number of amides is 1. The van der Waals surface area contributed by atoms with E-state index in [0.717, 1.165) is 25.8 Å². The van der Waals surface area contributed by atoms with Crippen molar-refractivity contribution in [1.82, 2.24) is 9.97 Å². The number of aliphatic hydroxyl groups excluding tert-OH is 1. The highest BCUT2D eigenvalue weighted by Gasteiger charge is 2.48. The Bertz CT molecular complexity index is 1550. The van der Waals surface area contributed by atoms with Crippen LogP contribution < -0.4 is 4.90 Å². The Morgan fingerprint density at radius 2 is 1.86 bits per heavy atom. The lowest BCUT2D eigenvalue weighted by atomic mass is 9.87. The normalized spacial score (nSPS) is 17.8. The van der Waals surface area contributed by atoms with Crippen molar-refractivity contribution in [3.05, 3.63) is 93.2 Å². The van der Waals surface area contributed by atoms with Crippen LogP contribution in [0.25, 0.3) is 16.0 Å². The molecule has 0 saturated carbocycles. The Labute approximate surface area is 221 Å². The minimum atomic E-state index is -0.905. The van der Waals surface area contributed by atoms with Crippen LogP contribution in [0.1, 0.15) is 49.2 Å². The summed E-state index contributed by atoms with van der Waals surface area (Å²) in [6, 6.07) is 15.7. The number of fused-ring (bicyclic) bond motifs is 1. The maximum absolute atomic E-state index is 13.4. The molecule has 1 atom stereocenters. The first-order chi connectivity index (χ1) is 17.1. The van der Waals surface area contributed by atoms with E-state index in [-0.39, 0.29) is 16.7 Å². The molecule has 1 aliphatic heterocycles. The van der Waals surface area contributed by atoms with Crippen molar-refractivity contribution >= 4 is 60.1 Å². The van der Waals surface area contributed by atoms with Crippen molar-refractivity contribution in [2.24, 2.45) is 0 Å². The number of aliphatic hydroxyl groups is 1. The van der Waals surface area contributed by atoms with E-state index >= 15 is 0 Å². The van der Waals surface area contributed by atoms with E-state index in [2.05, 4.69) is 47.8 Å². The number of Topliss-reactive ketones (excluding diaryl/α,β-unsaturated/α-hetero) is 1. The van der Waals surface area contributed by atoms with Gasteiger partial charge in [-0.3, -0.25) is 19.5 Å². The molecule has 1 amide bonds. The van der Waals surface area contributed by atoms with E-state index in [1.165, 1.54) is 16.2 Å². The van der Waals surface area contributed by atoms with Crippen LogP contribution in [0.2, 0.25) is 0 Å². The molecular formula is C28H24BrN3O3S. The Morgan fingerprint density at radius 1 is 1.08 bits per heavy atom. The Morgan fingerprint density at radius 3 is 2.53 bits per heavy atom. The summed E-state index contributed by atoms with van der Waals surface area (Å²) in [7, 11) is 0. The fourth-order valence-electron chi connectivity index (χ4n) is 4.28. The molecule has 3 heterocycles. The van der Waals surface area contributed by atoms with Gasteiger partial charge in [0.05, 0.1) is 21.5 Å². The number of benzene rings is 2. The predicted octanol–water partition coefficient (Wildman–Crippen LogP) is 6.69. The summed E-state index contributed by atoms with van der Waals surface area (Å²) in [6.07, 6.45) is 1.60. The van der Waals surface area contributed by atoms with E-state index < -0.39 is 17.7 Å². The maximum Gasteiger partial charge on any atom is 0.301 e. The van der Waals surface area contributed by atoms with Crippen molar-refractivity contribution < 1.29 is 14.7 Å². The molecule has 4 aromatic rings. The highest BCUT2D eigenvalue weighted by molar-refractivity contribution is 9.10. The number of thiazole rings is 1. The maximum atomic E-state index is 13.4. The number of aryl methyl sites for hydroxylation is 1. The highest BCUT2D eigenvalue weighted by Crippen LogP contribution is 2.44. The van der Waals surface area contributed by atoms with Crippen LogP contribution in [-0.4, -0.2) is 26.8 Å². The fourth-order valence-corrected chi connectivity index (χ4v) is 5.55. The third kappa shape index (κ3) is 4.14. The molecule has 0 spiro atoms. The molecule has 8 heteroatoms. The molecule has 1 N–H and O–H groups in total. The summed E-state index contributed by atoms with van der Waals surface area (Å²) in [5.74, 6) is -1.74. The van der Waals surface area contributed by atoms with E-state index in [9.17, 15) is 14.7 Å². The molecule has 1 fully saturated rings. The van der Waals surface area contributed by atoms with Crippen LogP contribution in [-0.2, 0) is 15.0 Å². The van der Waals surface area contributed by atoms with E-state index in [0.29, 0.717) is 16.4 Å². The molecule has 2 aromatic heterocycles. The van der Waals surface area contributed by atoms with Crippen LogP contribution in [0.5, 0.6) is 0 Å². The van der Waals surface area contributed by atoms with Crippen LogP contribution in [0, 0.1) is 6.92 Å². The van der Waals surface area contributed by atoms with E-state index in [4.69, 9.17) is 4.98 Å². The summed E-state index contributed by atoms with van der Waals surface area (Å²) < 4.78 is 1.80. The Balaban J connectivity index is 1.70. The number of nitrogens with zero attached hydrogens (tertiary/aromatic N) is 3. The molecule has 1 unspecified atom stereocenters. The molecule has 1 aliphatic rings. The van der Waals surface area contributed by atoms with Crippen LogP contribution >= 0.6 is 27.3 Å². The average Bonchev–Trinajstić information content (AvgIpc) is 3.38. The van der Waals surface area contributed by atoms with Gasteiger partial charge in [-0.05, 0) is 59.9 Å². The van der Waals surface area contributed by atoms with Gasteiger partial charge in [-0.15, -0.1) is 0 Å². The van der Waals surface area contributed by atoms with Gasteiger partial charge >= 0.3 is 5.91 Å². The lowest BCUT2D eigenvalue weighted by molar-refractivity contribution is -0.132. The number of rotatable bonds is 3. The van der Waals surface area contributed by atoms with Crippen molar-refractivity contribution in [3.8, 4) is 0 Å². The van der Waals surface area contributed by atoms with Crippen molar-refractivity contribution in [2.45, 2.75) is 39.2 Å². The molecule has 2 aromatic carbocycles. The zero-order valence-corrected chi connectivity index (χ0v) is 22.6. The van der Waals surface area contributed by atoms with Crippen molar-refractivity contribution in [2.75, 3.05) is 4.90 Å². The summed E-state index contributed by atoms with van der Waals surface area (Å²) in [6.45, 7) is 8.31. The van der Waals surface area contributed by atoms with Crippen LogP contribution in [0.15, 0.2) is 70.8 Å². The summed E-state index contributed by atoms with van der Waals surface area (Å²) >= 11 is 4.81. The second-order valence-electron chi connectivity index (χ2n) is 9.82. The summed E-state index contributed by atoms with van der Waals surface area (Å²) in [4.78, 5) is 37.3. The van der Waals surface area contributed by atoms with Gasteiger partial charge < -0.3 is 5.11 Å². The summed E-state index contributed by atoms with van der Waals surface area (Å²) in [5.41, 5.74) is 3.67. The van der Waals surface area contributed by atoms with Crippen molar-refractivity contribution in [3.63, 3.8) is 0 Å². The predicted molar refractivity (Wildman–Crippen MR) is 146 cm³/mol. The number of ketones is 1. The number of aromatic nitrogens is 2.